The summed E-state index contributed by atoms with van der Waals surface area (Å²) in [6.07, 6.45) is 13.7. The first-order valence-electron chi connectivity index (χ1n) is 9.63. The van der Waals surface area contributed by atoms with Crippen LogP contribution < -0.4 is 0 Å². The standard InChI is InChI=1S/C21H37N.ClH/c1-3-18-22(19-4-2)20-14-9-7-5-6-8-11-15-21-16-12-10-13-17-21;/h10,12-13,16-17H,3-9,11,14-15,18-20H2,1-2H3;1H. The van der Waals surface area contributed by atoms with E-state index < -0.39 is 0 Å². The van der Waals surface area contributed by atoms with Crippen molar-refractivity contribution in [1.29, 1.82) is 0 Å². The van der Waals surface area contributed by atoms with Gasteiger partial charge in [0.1, 0.15) is 0 Å². The molecule has 0 unspecified atom stereocenters. The van der Waals surface area contributed by atoms with Gasteiger partial charge in [0.05, 0.1) is 0 Å². The summed E-state index contributed by atoms with van der Waals surface area (Å²) in [4.78, 5) is 2.64. The molecule has 1 aromatic rings. The van der Waals surface area contributed by atoms with E-state index in [9.17, 15) is 0 Å². The number of rotatable bonds is 14. The smallest absolute Gasteiger partial charge is 0.00187 e. The molecule has 1 rings (SSSR count). The Kier molecular flexibility index (Phi) is 16.0. The van der Waals surface area contributed by atoms with E-state index in [2.05, 4.69) is 49.1 Å². The molecular weight excluding hydrogens is 302 g/mol. The van der Waals surface area contributed by atoms with Crippen LogP contribution in [0.5, 0.6) is 0 Å². The molecule has 0 bridgehead atoms. The lowest BCUT2D eigenvalue weighted by Gasteiger charge is -2.20. The Bertz CT molecular complexity index is 333. The van der Waals surface area contributed by atoms with Crippen LogP contribution in [0.2, 0.25) is 0 Å². The number of unbranched alkanes of at least 4 members (excludes halogenated alkanes) is 6. The van der Waals surface area contributed by atoms with Crippen molar-refractivity contribution in [2.24, 2.45) is 0 Å². The molecule has 0 aromatic heterocycles. The lowest BCUT2D eigenvalue weighted by atomic mass is 10.0. The third kappa shape index (κ3) is 12.5. The Hall–Kier alpha value is -0.530. The SMILES string of the molecule is CCCN(CCC)CCCCCCCCCc1ccccc1.Cl. The number of nitrogens with zero attached hydrogens (tertiary/aromatic N) is 1. The molecule has 1 aromatic carbocycles. The van der Waals surface area contributed by atoms with Crippen LogP contribution >= 0.6 is 12.4 Å². The van der Waals surface area contributed by atoms with E-state index in [1.54, 1.807) is 0 Å². The third-order valence-corrected chi connectivity index (χ3v) is 4.36. The highest BCUT2D eigenvalue weighted by Gasteiger charge is 2.01. The first-order valence-corrected chi connectivity index (χ1v) is 9.63. The van der Waals surface area contributed by atoms with Gasteiger partial charge in [-0.05, 0) is 57.3 Å². The van der Waals surface area contributed by atoms with Crippen molar-refractivity contribution in [2.45, 2.75) is 78.1 Å². The maximum absolute atomic E-state index is 2.64. The van der Waals surface area contributed by atoms with Crippen LogP contribution in [0.3, 0.4) is 0 Å². The largest absolute Gasteiger partial charge is 0.303 e. The van der Waals surface area contributed by atoms with E-state index in [0.29, 0.717) is 0 Å². The maximum Gasteiger partial charge on any atom is -0.00187 e. The molecule has 2 heteroatoms. The molecule has 0 atom stereocenters. The second-order valence-electron chi connectivity index (χ2n) is 6.55. The molecule has 0 N–H and O–H groups in total. The molecule has 0 saturated heterocycles. The van der Waals surface area contributed by atoms with Crippen molar-refractivity contribution < 1.29 is 0 Å². The zero-order chi connectivity index (χ0) is 15.9. The zero-order valence-corrected chi connectivity index (χ0v) is 16.3. The highest BCUT2D eigenvalue weighted by molar-refractivity contribution is 5.85. The van der Waals surface area contributed by atoms with Crippen LogP contribution in [0, 0.1) is 0 Å². The summed E-state index contributed by atoms with van der Waals surface area (Å²) in [7, 11) is 0. The lowest BCUT2D eigenvalue weighted by Crippen LogP contribution is -2.26. The van der Waals surface area contributed by atoms with Crippen molar-refractivity contribution >= 4 is 12.4 Å². The van der Waals surface area contributed by atoms with Gasteiger partial charge in [0.15, 0.2) is 0 Å². The van der Waals surface area contributed by atoms with Crippen molar-refractivity contribution in [2.75, 3.05) is 19.6 Å². The number of aryl methyl sites for hydroxylation is 1. The highest BCUT2D eigenvalue weighted by atomic mass is 35.5. The molecule has 0 amide bonds. The van der Waals surface area contributed by atoms with Gasteiger partial charge < -0.3 is 4.90 Å². The highest BCUT2D eigenvalue weighted by Crippen LogP contribution is 2.11. The zero-order valence-electron chi connectivity index (χ0n) is 15.4. The van der Waals surface area contributed by atoms with Gasteiger partial charge in [0.25, 0.3) is 0 Å². The van der Waals surface area contributed by atoms with Gasteiger partial charge in [-0.25, -0.2) is 0 Å². The van der Waals surface area contributed by atoms with Crippen molar-refractivity contribution in [3.8, 4) is 0 Å². The van der Waals surface area contributed by atoms with Crippen molar-refractivity contribution in [3.63, 3.8) is 0 Å². The predicted octanol–water partition coefficient (Wildman–Crippen LogP) is 6.50. The lowest BCUT2D eigenvalue weighted by molar-refractivity contribution is 0.267. The summed E-state index contributed by atoms with van der Waals surface area (Å²) in [6.45, 7) is 8.46. The molecule has 1 nitrogen and oxygen atoms in total. The molecule has 0 aliphatic rings. The Morgan fingerprint density at radius 3 is 1.74 bits per heavy atom. The topological polar surface area (TPSA) is 3.24 Å². The molecule has 134 valence electrons. The van der Waals surface area contributed by atoms with Crippen molar-refractivity contribution in [1.82, 2.24) is 4.90 Å². The fourth-order valence-electron chi connectivity index (χ4n) is 3.16. The number of benzene rings is 1. The van der Waals surface area contributed by atoms with Crippen LogP contribution in [0.4, 0.5) is 0 Å². The minimum Gasteiger partial charge on any atom is -0.303 e. The Balaban J connectivity index is 0.00000484. The van der Waals surface area contributed by atoms with E-state index in [0.717, 1.165) is 0 Å². The van der Waals surface area contributed by atoms with Gasteiger partial charge in [-0.1, -0.05) is 76.3 Å². The van der Waals surface area contributed by atoms with Gasteiger partial charge in [-0.3, -0.25) is 0 Å². The van der Waals surface area contributed by atoms with Gasteiger partial charge in [-0.2, -0.15) is 0 Å². The second kappa shape index (κ2) is 16.3. The van der Waals surface area contributed by atoms with Gasteiger partial charge >= 0.3 is 0 Å². The van der Waals surface area contributed by atoms with Crippen LogP contribution in [0.1, 0.15) is 77.2 Å². The van der Waals surface area contributed by atoms with Crippen LogP contribution in [-0.4, -0.2) is 24.5 Å². The number of hydrogen-bond acceptors (Lipinski definition) is 1. The average molecular weight is 340 g/mol. The molecular formula is C21H38ClN. The minimum atomic E-state index is 0. The molecule has 0 heterocycles. The van der Waals surface area contributed by atoms with E-state index in [1.165, 1.54) is 89.4 Å². The van der Waals surface area contributed by atoms with Crippen LogP contribution in [0.15, 0.2) is 30.3 Å². The Morgan fingerprint density at radius 2 is 1.17 bits per heavy atom. The van der Waals surface area contributed by atoms with E-state index in [-0.39, 0.29) is 12.4 Å². The molecule has 0 spiro atoms. The van der Waals surface area contributed by atoms with Gasteiger partial charge in [0, 0.05) is 0 Å². The molecule has 0 fully saturated rings. The third-order valence-electron chi connectivity index (χ3n) is 4.36. The molecule has 23 heavy (non-hydrogen) atoms. The van der Waals surface area contributed by atoms with E-state index >= 15 is 0 Å². The van der Waals surface area contributed by atoms with E-state index in [4.69, 9.17) is 0 Å². The summed E-state index contributed by atoms with van der Waals surface area (Å²) in [6, 6.07) is 10.9. The fourth-order valence-corrected chi connectivity index (χ4v) is 3.16. The summed E-state index contributed by atoms with van der Waals surface area (Å²) >= 11 is 0. The summed E-state index contributed by atoms with van der Waals surface area (Å²) in [5, 5.41) is 0. The minimum absolute atomic E-state index is 0. The summed E-state index contributed by atoms with van der Waals surface area (Å²) in [5.41, 5.74) is 1.49. The fraction of sp³-hybridized carbons (Fsp3) is 0.714. The normalized spacial score (nSPS) is 10.7. The Labute approximate surface area is 151 Å². The average Bonchev–Trinajstić information content (AvgIpc) is 2.54. The van der Waals surface area contributed by atoms with Gasteiger partial charge in [-0.15, -0.1) is 12.4 Å². The quantitative estimate of drug-likeness (QED) is 0.349. The maximum atomic E-state index is 2.64. The van der Waals surface area contributed by atoms with Crippen LogP contribution in [0.25, 0.3) is 0 Å². The van der Waals surface area contributed by atoms with Crippen LogP contribution in [-0.2, 0) is 6.42 Å². The number of hydrogen-bond donors (Lipinski definition) is 0. The number of halogens is 1. The molecule has 0 radical (unpaired) electrons. The second-order valence-corrected chi connectivity index (χ2v) is 6.55. The monoisotopic (exact) mass is 339 g/mol. The Morgan fingerprint density at radius 1 is 0.652 bits per heavy atom. The molecule has 0 aliphatic carbocycles. The van der Waals surface area contributed by atoms with E-state index in [1.807, 2.05) is 0 Å². The first-order chi connectivity index (χ1) is 10.9. The predicted molar refractivity (Wildman–Crippen MR) is 107 cm³/mol. The molecule has 0 saturated carbocycles. The summed E-state index contributed by atoms with van der Waals surface area (Å²) < 4.78 is 0. The van der Waals surface area contributed by atoms with Gasteiger partial charge in [0.2, 0.25) is 0 Å². The first kappa shape index (κ1) is 22.5. The summed E-state index contributed by atoms with van der Waals surface area (Å²) in [5.74, 6) is 0. The molecule has 0 aliphatic heterocycles. The van der Waals surface area contributed by atoms with Crippen molar-refractivity contribution in [3.05, 3.63) is 35.9 Å².